The molecule has 3 nitrogen and oxygen atoms in total. The number of rotatable bonds is 4. The molecule has 2 rings (SSSR count). The Bertz CT molecular complexity index is 645. The van der Waals surface area contributed by atoms with Crippen molar-refractivity contribution in [2.45, 2.75) is 20.8 Å². The largest absolute Gasteiger partial charge is 0.482 e. The van der Waals surface area contributed by atoms with Crippen LogP contribution in [0.5, 0.6) is 11.5 Å². The van der Waals surface area contributed by atoms with Gasteiger partial charge in [0.05, 0.1) is 0 Å². The van der Waals surface area contributed by atoms with Gasteiger partial charge in [0.15, 0.2) is 6.61 Å². The Kier molecular flexibility index (Phi) is 5.02. The Labute approximate surface area is 133 Å². The van der Waals surface area contributed by atoms with Gasteiger partial charge in [0.2, 0.25) is 0 Å². The molecule has 0 N–H and O–H groups in total. The predicted molar refractivity (Wildman–Crippen MR) is 85.9 cm³/mol. The van der Waals surface area contributed by atoms with Crippen molar-refractivity contribution in [2.75, 3.05) is 6.61 Å². The number of hydrogen-bond donors (Lipinski definition) is 0. The van der Waals surface area contributed by atoms with Crippen LogP contribution in [0.3, 0.4) is 0 Å². The Hall–Kier alpha value is -1.81. The lowest BCUT2D eigenvalue weighted by atomic mass is 10.1. The number of para-hydroxylation sites is 1. The molecule has 0 amide bonds. The summed E-state index contributed by atoms with van der Waals surface area (Å²) in [6.45, 7) is 5.64. The third-order valence-corrected chi connectivity index (χ3v) is 3.60. The molecule has 0 unspecified atom stereocenters. The summed E-state index contributed by atoms with van der Waals surface area (Å²) in [6, 6.07) is 11.4. The summed E-state index contributed by atoms with van der Waals surface area (Å²) >= 11 is 3.39. The molecule has 0 radical (unpaired) electrons. The lowest BCUT2D eigenvalue weighted by molar-refractivity contribution is -0.136. The standard InChI is InChI=1S/C17H17BrO3/c1-11-5-4-6-12(2)17(11)21-16(19)10-20-15-8-7-14(18)9-13(15)3/h4-9H,10H2,1-3H3. The molecule has 110 valence electrons. The van der Waals surface area contributed by atoms with Gasteiger partial charge in [-0.15, -0.1) is 0 Å². The van der Waals surface area contributed by atoms with Crippen molar-refractivity contribution in [3.63, 3.8) is 0 Å². The summed E-state index contributed by atoms with van der Waals surface area (Å²) in [6.07, 6.45) is 0. The second-order valence-electron chi connectivity index (χ2n) is 4.89. The third kappa shape index (κ3) is 4.08. The minimum absolute atomic E-state index is 0.115. The maximum absolute atomic E-state index is 11.9. The van der Waals surface area contributed by atoms with E-state index in [2.05, 4.69) is 15.9 Å². The fourth-order valence-corrected chi connectivity index (χ4v) is 2.49. The van der Waals surface area contributed by atoms with E-state index in [4.69, 9.17) is 9.47 Å². The van der Waals surface area contributed by atoms with Gasteiger partial charge in [-0.05, 0) is 55.7 Å². The van der Waals surface area contributed by atoms with E-state index in [1.807, 2.05) is 57.2 Å². The molecule has 0 bridgehead atoms. The number of benzene rings is 2. The maximum Gasteiger partial charge on any atom is 0.349 e. The maximum atomic E-state index is 11.9. The molecule has 0 aliphatic rings. The zero-order valence-corrected chi connectivity index (χ0v) is 13.9. The molecule has 0 atom stereocenters. The van der Waals surface area contributed by atoms with Gasteiger partial charge >= 0.3 is 5.97 Å². The number of halogens is 1. The topological polar surface area (TPSA) is 35.5 Å². The Balaban J connectivity index is 1.99. The van der Waals surface area contributed by atoms with Gasteiger partial charge in [0, 0.05) is 4.47 Å². The van der Waals surface area contributed by atoms with Gasteiger partial charge in [0.25, 0.3) is 0 Å². The second kappa shape index (κ2) is 6.76. The Morgan fingerprint density at radius 3 is 2.33 bits per heavy atom. The van der Waals surface area contributed by atoms with Crippen molar-refractivity contribution >= 4 is 21.9 Å². The average Bonchev–Trinajstić information content (AvgIpc) is 2.42. The van der Waals surface area contributed by atoms with Crippen molar-refractivity contribution in [2.24, 2.45) is 0 Å². The van der Waals surface area contributed by atoms with Gasteiger partial charge < -0.3 is 9.47 Å². The number of ether oxygens (including phenoxy) is 2. The van der Waals surface area contributed by atoms with Crippen LogP contribution in [-0.4, -0.2) is 12.6 Å². The minimum atomic E-state index is -0.408. The Morgan fingerprint density at radius 2 is 1.71 bits per heavy atom. The van der Waals surface area contributed by atoms with Crippen molar-refractivity contribution < 1.29 is 14.3 Å². The molecule has 0 aromatic heterocycles. The molecular formula is C17H17BrO3. The van der Waals surface area contributed by atoms with Crippen molar-refractivity contribution in [1.82, 2.24) is 0 Å². The van der Waals surface area contributed by atoms with Gasteiger partial charge in [-0.25, -0.2) is 4.79 Å². The summed E-state index contributed by atoms with van der Waals surface area (Å²) in [4.78, 5) is 11.9. The molecule has 0 saturated carbocycles. The highest BCUT2D eigenvalue weighted by Crippen LogP contribution is 2.24. The fraction of sp³-hybridized carbons (Fsp3) is 0.235. The average molecular weight is 349 g/mol. The molecule has 0 aliphatic carbocycles. The zero-order chi connectivity index (χ0) is 15.4. The smallest absolute Gasteiger partial charge is 0.349 e. The van der Waals surface area contributed by atoms with Gasteiger partial charge in [0.1, 0.15) is 11.5 Å². The number of carbonyl (C=O) groups excluding carboxylic acids is 1. The number of aryl methyl sites for hydroxylation is 3. The van der Waals surface area contributed by atoms with Gasteiger partial charge in [-0.3, -0.25) is 0 Å². The molecule has 4 heteroatoms. The van der Waals surface area contributed by atoms with Crippen LogP contribution >= 0.6 is 15.9 Å². The number of hydrogen-bond acceptors (Lipinski definition) is 3. The van der Waals surface area contributed by atoms with Gasteiger partial charge in [-0.1, -0.05) is 34.1 Å². The highest BCUT2D eigenvalue weighted by atomic mass is 79.9. The van der Waals surface area contributed by atoms with Crippen LogP contribution in [0, 0.1) is 20.8 Å². The first-order chi connectivity index (χ1) is 9.97. The van der Waals surface area contributed by atoms with E-state index >= 15 is 0 Å². The molecule has 21 heavy (non-hydrogen) atoms. The van der Waals surface area contributed by atoms with Crippen LogP contribution in [0.25, 0.3) is 0 Å². The first-order valence-electron chi connectivity index (χ1n) is 6.63. The van der Waals surface area contributed by atoms with Crippen LogP contribution in [0.15, 0.2) is 40.9 Å². The predicted octanol–water partition coefficient (Wildman–Crippen LogP) is 4.36. The quantitative estimate of drug-likeness (QED) is 0.608. The lowest BCUT2D eigenvalue weighted by Gasteiger charge is -2.12. The number of esters is 1. The van der Waals surface area contributed by atoms with Crippen molar-refractivity contribution in [3.05, 3.63) is 57.6 Å². The van der Waals surface area contributed by atoms with Crippen LogP contribution in [0.4, 0.5) is 0 Å². The SMILES string of the molecule is Cc1cc(Br)ccc1OCC(=O)Oc1c(C)cccc1C. The first-order valence-corrected chi connectivity index (χ1v) is 7.42. The summed E-state index contributed by atoms with van der Waals surface area (Å²) < 4.78 is 11.9. The van der Waals surface area contributed by atoms with Crippen molar-refractivity contribution in [1.29, 1.82) is 0 Å². The summed E-state index contributed by atoms with van der Waals surface area (Å²) in [5.41, 5.74) is 2.83. The van der Waals surface area contributed by atoms with E-state index in [1.165, 1.54) is 0 Å². The molecular weight excluding hydrogens is 332 g/mol. The fourth-order valence-electron chi connectivity index (χ4n) is 2.01. The summed E-state index contributed by atoms with van der Waals surface area (Å²) in [5, 5.41) is 0. The van der Waals surface area contributed by atoms with E-state index in [1.54, 1.807) is 0 Å². The molecule has 0 fully saturated rings. The van der Waals surface area contributed by atoms with E-state index < -0.39 is 5.97 Å². The van der Waals surface area contributed by atoms with E-state index in [0.29, 0.717) is 11.5 Å². The van der Waals surface area contributed by atoms with Crippen LogP contribution in [0.1, 0.15) is 16.7 Å². The van der Waals surface area contributed by atoms with Crippen LogP contribution < -0.4 is 9.47 Å². The monoisotopic (exact) mass is 348 g/mol. The van der Waals surface area contributed by atoms with Crippen LogP contribution in [-0.2, 0) is 4.79 Å². The highest BCUT2D eigenvalue weighted by Gasteiger charge is 2.11. The zero-order valence-electron chi connectivity index (χ0n) is 12.3. The summed E-state index contributed by atoms with van der Waals surface area (Å²) in [7, 11) is 0. The Morgan fingerprint density at radius 1 is 1.05 bits per heavy atom. The van der Waals surface area contributed by atoms with Crippen molar-refractivity contribution in [3.8, 4) is 11.5 Å². The van der Waals surface area contributed by atoms with E-state index in [9.17, 15) is 4.79 Å². The van der Waals surface area contributed by atoms with E-state index in [-0.39, 0.29) is 6.61 Å². The molecule has 0 spiro atoms. The first kappa shape index (κ1) is 15.6. The highest BCUT2D eigenvalue weighted by molar-refractivity contribution is 9.10. The second-order valence-corrected chi connectivity index (χ2v) is 5.81. The molecule has 2 aromatic rings. The normalized spacial score (nSPS) is 10.3. The summed E-state index contributed by atoms with van der Waals surface area (Å²) in [5.74, 6) is 0.880. The molecule has 0 aliphatic heterocycles. The van der Waals surface area contributed by atoms with E-state index in [0.717, 1.165) is 21.2 Å². The number of carbonyl (C=O) groups is 1. The molecule has 0 saturated heterocycles. The molecule has 2 aromatic carbocycles. The minimum Gasteiger partial charge on any atom is -0.482 e. The van der Waals surface area contributed by atoms with Gasteiger partial charge in [-0.2, -0.15) is 0 Å². The lowest BCUT2D eigenvalue weighted by Crippen LogP contribution is -2.18. The molecule has 0 heterocycles. The van der Waals surface area contributed by atoms with Crippen LogP contribution in [0.2, 0.25) is 0 Å². The third-order valence-electron chi connectivity index (χ3n) is 3.11.